The Balaban J connectivity index is 2.04. The van der Waals surface area contributed by atoms with Crippen LogP contribution in [0.4, 0.5) is 13.2 Å². The van der Waals surface area contributed by atoms with Crippen LogP contribution in [0.5, 0.6) is 0 Å². The zero-order chi connectivity index (χ0) is 15.5. The first-order valence-corrected chi connectivity index (χ1v) is 6.78. The van der Waals surface area contributed by atoms with E-state index in [0.29, 0.717) is 12.3 Å². The highest BCUT2D eigenvalue weighted by Gasteiger charge is 2.32. The Bertz CT molecular complexity index is 587. The molecule has 2 aromatic heterocycles. The van der Waals surface area contributed by atoms with Crippen molar-refractivity contribution in [2.75, 3.05) is 6.54 Å². The summed E-state index contributed by atoms with van der Waals surface area (Å²) in [5.74, 6) is 1.48. The lowest BCUT2D eigenvalue weighted by Crippen LogP contribution is -2.13. The van der Waals surface area contributed by atoms with Crippen molar-refractivity contribution in [3.63, 3.8) is 0 Å². The van der Waals surface area contributed by atoms with Gasteiger partial charge in [0.2, 0.25) is 0 Å². The second kappa shape index (κ2) is 6.34. The third-order valence-corrected chi connectivity index (χ3v) is 3.09. The molecule has 0 bridgehead atoms. The van der Waals surface area contributed by atoms with Gasteiger partial charge in [-0.05, 0) is 26.0 Å². The summed E-state index contributed by atoms with van der Waals surface area (Å²) in [6, 6.07) is 1.85. The zero-order valence-electron chi connectivity index (χ0n) is 12.0. The van der Waals surface area contributed by atoms with Crippen molar-refractivity contribution in [2.45, 2.75) is 39.5 Å². The van der Waals surface area contributed by atoms with Crippen molar-refractivity contribution in [3.05, 3.63) is 41.1 Å². The number of nitrogens with zero attached hydrogens (tertiary/aromatic N) is 2. The summed E-state index contributed by atoms with van der Waals surface area (Å²) < 4.78 is 44.4. The SMILES string of the molecule is CCCNCc1cc(Cn2cc(C(F)(F)F)cn2)c(C)o1. The fourth-order valence-electron chi connectivity index (χ4n) is 1.99. The van der Waals surface area contributed by atoms with E-state index >= 15 is 0 Å². The van der Waals surface area contributed by atoms with E-state index in [-0.39, 0.29) is 6.54 Å². The largest absolute Gasteiger partial charge is 0.465 e. The predicted molar refractivity (Wildman–Crippen MR) is 71.8 cm³/mol. The molecule has 0 fully saturated rings. The first-order valence-electron chi connectivity index (χ1n) is 6.78. The highest BCUT2D eigenvalue weighted by molar-refractivity contribution is 5.21. The normalized spacial score (nSPS) is 12.0. The lowest BCUT2D eigenvalue weighted by molar-refractivity contribution is -0.137. The van der Waals surface area contributed by atoms with Crippen molar-refractivity contribution in [3.8, 4) is 0 Å². The fourth-order valence-corrected chi connectivity index (χ4v) is 1.99. The molecule has 0 saturated heterocycles. The van der Waals surface area contributed by atoms with Gasteiger partial charge in [-0.15, -0.1) is 0 Å². The van der Waals surface area contributed by atoms with Gasteiger partial charge in [0.1, 0.15) is 11.5 Å². The van der Waals surface area contributed by atoms with Crippen LogP contribution in [0.1, 0.15) is 36.0 Å². The number of hydrogen-bond acceptors (Lipinski definition) is 3. The Morgan fingerprint density at radius 3 is 2.76 bits per heavy atom. The molecule has 0 saturated carbocycles. The number of alkyl halides is 3. The van der Waals surface area contributed by atoms with Crippen molar-refractivity contribution in [2.24, 2.45) is 0 Å². The van der Waals surface area contributed by atoms with E-state index in [9.17, 15) is 13.2 Å². The smallest absolute Gasteiger partial charge is 0.419 e. The second-order valence-corrected chi connectivity index (χ2v) is 4.90. The van der Waals surface area contributed by atoms with Crippen LogP contribution in [0.15, 0.2) is 22.9 Å². The molecule has 2 aromatic rings. The summed E-state index contributed by atoms with van der Waals surface area (Å²) in [4.78, 5) is 0. The van der Waals surface area contributed by atoms with Gasteiger partial charge in [0, 0.05) is 11.8 Å². The summed E-state index contributed by atoms with van der Waals surface area (Å²) in [6.07, 6.45) is -1.50. The Hall–Kier alpha value is -1.76. The second-order valence-electron chi connectivity index (χ2n) is 4.90. The molecule has 0 unspecified atom stereocenters. The maximum absolute atomic E-state index is 12.5. The quantitative estimate of drug-likeness (QED) is 0.832. The molecule has 2 rings (SSSR count). The molecule has 0 aliphatic carbocycles. The molecule has 21 heavy (non-hydrogen) atoms. The van der Waals surface area contributed by atoms with Crippen molar-refractivity contribution >= 4 is 0 Å². The number of furan rings is 1. The minimum atomic E-state index is -4.36. The van der Waals surface area contributed by atoms with Gasteiger partial charge in [-0.2, -0.15) is 18.3 Å². The number of rotatable bonds is 6. The van der Waals surface area contributed by atoms with E-state index in [2.05, 4.69) is 17.3 Å². The highest BCUT2D eigenvalue weighted by atomic mass is 19.4. The molecular weight excluding hydrogens is 283 g/mol. The summed E-state index contributed by atoms with van der Waals surface area (Å²) in [7, 11) is 0. The Labute approximate surface area is 120 Å². The molecule has 1 N–H and O–H groups in total. The van der Waals surface area contributed by atoms with Crippen LogP contribution in [0.3, 0.4) is 0 Å². The van der Waals surface area contributed by atoms with Gasteiger partial charge >= 0.3 is 6.18 Å². The van der Waals surface area contributed by atoms with Gasteiger partial charge in [0.15, 0.2) is 0 Å². The number of aromatic nitrogens is 2. The number of aryl methyl sites for hydroxylation is 1. The van der Waals surface area contributed by atoms with E-state index in [1.54, 1.807) is 6.92 Å². The topological polar surface area (TPSA) is 43.0 Å². The summed E-state index contributed by atoms with van der Waals surface area (Å²) in [5, 5.41) is 6.96. The maximum atomic E-state index is 12.5. The van der Waals surface area contributed by atoms with Crippen LogP contribution < -0.4 is 5.32 Å². The Morgan fingerprint density at radius 1 is 1.38 bits per heavy atom. The molecule has 0 spiro atoms. The minimum Gasteiger partial charge on any atom is -0.465 e. The lowest BCUT2D eigenvalue weighted by atomic mass is 10.2. The van der Waals surface area contributed by atoms with Gasteiger partial charge < -0.3 is 9.73 Å². The molecule has 2 heterocycles. The van der Waals surface area contributed by atoms with E-state index in [4.69, 9.17) is 4.42 Å². The summed E-state index contributed by atoms with van der Waals surface area (Å²) >= 11 is 0. The van der Waals surface area contributed by atoms with E-state index in [0.717, 1.165) is 36.7 Å². The molecule has 0 radical (unpaired) electrons. The Morgan fingerprint density at radius 2 is 2.14 bits per heavy atom. The van der Waals surface area contributed by atoms with Crippen LogP contribution in [0.25, 0.3) is 0 Å². The standard InChI is InChI=1S/C14H18F3N3O/c1-3-4-18-7-13-5-11(10(2)21-13)8-20-9-12(6-19-20)14(15,16)17/h5-6,9,18H,3-4,7-8H2,1-2H3. The van der Waals surface area contributed by atoms with Crippen molar-refractivity contribution in [1.29, 1.82) is 0 Å². The molecule has 0 aliphatic rings. The first kappa shape index (κ1) is 15.6. The van der Waals surface area contributed by atoms with Crippen LogP contribution in [-0.2, 0) is 19.3 Å². The predicted octanol–water partition coefficient (Wildman–Crippen LogP) is 3.35. The van der Waals surface area contributed by atoms with Gasteiger partial charge in [-0.25, -0.2) is 0 Å². The van der Waals surface area contributed by atoms with E-state index < -0.39 is 11.7 Å². The van der Waals surface area contributed by atoms with Gasteiger partial charge in [0.05, 0.1) is 24.8 Å². The van der Waals surface area contributed by atoms with Gasteiger partial charge in [0.25, 0.3) is 0 Å². The van der Waals surface area contributed by atoms with Gasteiger partial charge in [-0.3, -0.25) is 4.68 Å². The third kappa shape index (κ3) is 4.10. The fraction of sp³-hybridized carbons (Fsp3) is 0.500. The van der Waals surface area contributed by atoms with E-state index in [1.807, 2.05) is 6.07 Å². The number of halogens is 3. The average Bonchev–Trinajstić information content (AvgIpc) is 2.98. The molecule has 7 heteroatoms. The van der Waals surface area contributed by atoms with Crippen molar-refractivity contribution in [1.82, 2.24) is 15.1 Å². The number of nitrogens with one attached hydrogen (secondary N) is 1. The summed E-state index contributed by atoms with van der Waals surface area (Å²) in [6.45, 7) is 5.64. The van der Waals surface area contributed by atoms with E-state index in [1.165, 1.54) is 4.68 Å². The zero-order valence-corrected chi connectivity index (χ0v) is 12.0. The van der Waals surface area contributed by atoms with Crippen LogP contribution in [0, 0.1) is 6.92 Å². The van der Waals surface area contributed by atoms with Gasteiger partial charge in [-0.1, -0.05) is 6.92 Å². The Kier molecular flexibility index (Phi) is 4.72. The highest BCUT2D eigenvalue weighted by Crippen LogP contribution is 2.28. The molecule has 4 nitrogen and oxygen atoms in total. The minimum absolute atomic E-state index is 0.263. The molecule has 0 atom stereocenters. The molecule has 0 aromatic carbocycles. The molecule has 116 valence electrons. The molecule has 0 amide bonds. The third-order valence-electron chi connectivity index (χ3n) is 3.09. The van der Waals surface area contributed by atoms with Crippen LogP contribution in [0.2, 0.25) is 0 Å². The molecular formula is C14H18F3N3O. The monoisotopic (exact) mass is 301 g/mol. The summed E-state index contributed by atoms with van der Waals surface area (Å²) in [5.41, 5.74) is 0.0913. The first-order chi connectivity index (χ1) is 9.90. The number of hydrogen-bond donors (Lipinski definition) is 1. The lowest BCUT2D eigenvalue weighted by Gasteiger charge is -2.01. The van der Waals surface area contributed by atoms with Crippen LogP contribution >= 0.6 is 0 Å². The van der Waals surface area contributed by atoms with Crippen molar-refractivity contribution < 1.29 is 17.6 Å². The average molecular weight is 301 g/mol. The molecule has 0 aliphatic heterocycles. The maximum Gasteiger partial charge on any atom is 0.419 e. The van der Waals surface area contributed by atoms with Crippen LogP contribution in [-0.4, -0.2) is 16.3 Å².